The van der Waals surface area contributed by atoms with Crippen LogP contribution >= 0.6 is 0 Å². The first kappa shape index (κ1) is 24.9. The second kappa shape index (κ2) is 11.9. The maximum atomic E-state index is 13.3. The number of carbonyl (C=O) groups is 2. The molecule has 0 saturated carbocycles. The van der Waals surface area contributed by atoms with E-state index in [1.165, 1.54) is 0 Å². The molecule has 4 aromatic rings. The van der Waals surface area contributed by atoms with E-state index in [1.807, 2.05) is 121 Å². The van der Waals surface area contributed by atoms with Gasteiger partial charge >= 0.3 is 0 Å². The van der Waals surface area contributed by atoms with E-state index >= 15 is 0 Å². The van der Waals surface area contributed by atoms with Crippen LogP contribution in [0.5, 0.6) is 0 Å². The number of nitrogens with two attached hydrogens (primary N) is 2. The molecule has 6 heteroatoms. The van der Waals surface area contributed by atoms with Crippen LogP contribution in [0, 0.1) is 0 Å². The van der Waals surface area contributed by atoms with Gasteiger partial charge in [-0.05, 0) is 22.3 Å². The molecule has 4 aromatic carbocycles. The Morgan fingerprint density at radius 2 is 0.694 bits per heavy atom. The number of nitrogens with one attached hydrogen (secondary N) is 2. The van der Waals surface area contributed by atoms with Gasteiger partial charge in [0.25, 0.3) is 0 Å². The van der Waals surface area contributed by atoms with Gasteiger partial charge in [-0.25, -0.2) is 0 Å². The Labute approximate surface area is 211 Å². The molecule has 0 aromatic heterocycles. The van der Waals surface area contributed by atoms with Gasteiger partial charge in [0.15, 0.2) is 0 Å². The van der Waals surface area contributed by atoms with Crippen molar-refractivity contribution in [1.29, 1.82) is 0 Å². The predicted octanol–water partition coefficient (Wildman–Crippen LogP) is 4.10. The molecule has 4 rings (SSSR count). The zero-order valence-electron chi connectivity index (χ0n) is 19.8. The van der Waals surface area contributed by atoms with Crippen LogP contribution < -0.4 is 22.1 Å². The number of benzene rings is 4. The molecule has 0 unspecified atom stereocenters. The van der Waals surface area contributed by atoms with Crippen LogP contribution in [0.25, 0.3) is 0 Å². The van der Waals surface area contributed by atoms with Gasteiger partial charge < -0.3 is 22.1 Å². The molecular formula is C30H30N4O2. The molecule has 4 atom stereocenters. The topological polar surface area (TPSA) is 110 Å². The van der Waals surface area contributed by atoms with Gasteiger partial charge in [0.2, 0.25) is 11.8 Å². The van der Waals surface area contributed by atoms with E-state index < -0.39 is 24.2 Å². The minimum absolute atomic E-state index is 0.349. The molecule has 0 saturated heterocycles. The summed E-state index contributed by atoms with van der Waals surface area (Å²) in [6, 6.07) is 34.5. The lowest BCUT2D eigenvalue weighted by molar-refractivity contribution is -0.126. The quantitative estimate of drug-likeness (QED) is 0.290. The Hall–Kier alpha value is -4.26. The van der Waals surface area contributed by atoms with Gasteiger partial charge in [0.1, 0.15) is 12.1 Å². The third kappa shape index (κ3) is 6.05. The molecular weight excluding hydrogens is 448 g/mol. The number of hydrogen-bond donors (Lipinski definition) is 4. The standard InChI is InChI=1S/C30H30N4O2/c31-25(21-13-5-1-6-14-21)29(35)33-27(23-17-9-3-10-18-23)28(24-19-11-4-12-20-24)34-30(36)26(32)22-15-7-2-8-16-22/h1-20,25-28H,31-32H2,(H,33,35)(H,34,36)/t25-,26-,27+,28+/m0/s1. The highest BCUT2D eigenvalue weighted by atomic mass is 16.2. The van der Waals surface area contributed by atoms with E-state index in [1.54, 1.807) is 0 Å². The number of rotatable bonds is 9. The molecule has 0 aliphatic heterocycles. The van der Waals surface area contributed by atoms with Crippen molar-refractivity contribution in [2.45, 2.75) is 24.2 Å². The first-order valence-corrected chi connectivity index (χ1v) is 11.9. The minimum Gasteiger partial charge on any atom is -0.345 e. The molecule has 0 spiro atoms. The van der Waals surface area contributed by atoms with Crippen molar-refractivity contribution in [2.24, 2.45) is 11.5 Å². The van der Waals surface area contributed by atoms with Crippen molar-refractivity contribution < 1.29 is 9.59 Å². The molecule has 0 heterocycles. The van der Waals surface area contributed by atoms with Crippen LogP contribution in [0.1, 0.15) is 46.4 Å². The normalized spacial score (nSPS) is 14.2. The fourth-order valence-corrected chi connectivity index (χ4v) is 4.15. The highest BCUT2D eigenvalue weighted by molar-refractivity contribution is 5.85. The van der Waals surface area contributed by atoms with Gasteiger partial charge in [-0.1, -0.05) is 121 Å². The lowest BCUT2D eigenvalue weighted by atomic mass is 9.92. The lowest BCUT2D eigenvalue weighted by Crippen LogP contribution is -2.45. The molecule has 0 aliphatic rings. The third-order valence-electron chi connectivity index (χ3n) is 6.13. The maximum absolute atomic E-state index is 13.3. The van der Waals surface area contributed by atoms with Gasteiger partial charge in [-0.15, -0.1) is 0 Å². The van der Waals surface area contributed by atoms with Crippen LogP contribution in [0.3, 0.4) is 0 Å². The smallest absolute Gasteiger partial charge is 0.242 e. The largest absolute Gasteiger partial charge is 0.345 e. The predicted molar refractivity (Wildman–Crippen MR) is 141 cm³/mol. The third-order valence-corrected chi connectivity index (χ3v) is 6.13. The van der Waals surface area contributed by atoms with E-state index in [4.69, 9.17) is 11.5 Å². The number of carbonyl (C=O) groups excluding carboxylic acids is 2. The van der Waals surface area contributed by atoms with Crippen molar-refractivity contribution in [3.63, 3.8) is 0 Å². The first-order valence-electron chi connectivity index (χ1n) is 11.9. The average molecular weight is 479 g/mol. The Kier molecular flexibility index (Phi) is 8.24. The summed E-state index contributed by atoms with van der Waals surface area (Å²) >= 11 is 0. The highest BCUT2D eigenvalue weighted by Crippen LogP contribution is 2.30. The maximum Gasteiger partial charge on any atom is 0.242 e. The lowest BCUT2D eigenvalue weighted by Gasteiger charge is -2.31. The summed E-state index contributed by atoms with van der Waals surface area (Å²) in [4.78, 5) is 26.7. The van der Waals surface area contributed by atoms with Gasteiger partial charge in [0.05, 0.1) is 12.1 Å². The van der Waals surface area contributed by atoms with Crippen molar-refractivity contribution in [2.75, 3.05) is 0 Å². The van der Waals surface area contributed by atoms with E-state index in [-0.39, 0.29) is 11.8 Å². The SMILES string of the molecule is N[C@H](C(=O)N[C@H](c1ccccc1)[C@H](NC(=O)[C@@H](N)c1ccccc1)c1ccccc1)c1ccccc1. The zero-order valence-corrected chi connectivity index (χ0v) is 19.8. The number of amides is 2. The fraction of sp³-hybridized carbons (Fsp3) is 0.133. The van der Waals surface area contributed by atoms with Crippen LogP contribution in [-0.2, 0) is 9.59 Å². The first-order chi connectivity index (χ1) is 17.5. The van der Waals surface area contributed by atoms with Gasteiger partial charge in [0, 0.05) is 0 Å². The minimum atomic E-state index is -0.865. The molecule has 0 aliphatic carbocycles. The Morgan fingerprint density at radius 1 is 0.444 bits per heavy atom. The zero-order chi connectivity index (χ0) is 25.3. The van der Waals surface area contributed by atoms with E-state index in [0.717, 1.165) is 11.1 Å². The molecule has 182 valence electrons. The Morgan fingerprint density at radius 3 is 0.972 bits per heavy atom. The van der Waals surface area contributed by atoms with Crippen molar-refractivity contribution in [3.8, 4) is 0 Å². The number of hydrogen-bond acceptors (Lipinski definition) is 4. The highest BCUT2D eigenvalue weighted by Gasteiger charge is 2.31. The Bertz CT molecular complexity index is 1150. The van der Waals surface area contributed by atoms with Crippen molar-refractivity contribution >= 4 is 11.8 Å². The van der Waals surface area contributed by atoms with Crippen molar-refractivity contribution in [1.82, 2.24) is 10.6 Å². The summed E-state index contributed by atoms with van der Waals surface area (Å²) in [5, 5.41) is 6.19. The molecule has 6 N–H and O–H groups in total. The van der Waals surface area contributed by atoms with Crippen LogP contribution in [0.15, 0.2) is 121 Å². The van der Waals surface area contributed by atoms with Crippen LogP contribution in [-0.4, -0.2) is 11.8 Å². The van der Waals surface area contributed by atoms with Crippen LogP contribution in [0.4, 0.5) is 0 Å². The summed E-state index contributed by atoms with van der Waals surface area (Å²) in [6.45, 7) is 0. The molecule has 36 heavy (non-hydrogen) atoms. The second-order valence-corrected chi connectivity index (χ2v) is 8.57. The molecule has 0 bridgehead atoms. The van der Waals surface area contributed by atoms with Crippen molar-refractivity contribution in [3.05, 3.63) is 144 Å². The van der Waals surface area contributed by atoms with E-state index in [0.29, 0.717) is 11.1 Å². The molecule has 6 nitrogen and oxygen atoms in total. The molecule has 0 fully saturated rings. The summed E-state index contributed by atoms with van der Waals surface area (Å²) in [7, 11) is 0. The average Bonchev–Trinajstić information content (AvgIpc) is 2.95. The molecule has 2 amide bonds. The van der Waals surface area contributed by atoms with E-state index in [9.17, 15) is 9.59 Å². The summed E-state index contributed by atoms with van der Waals surface area (Å²) in [5.74, 6) is -0.699. The fourth-order valence-electron chi connectivity index (χ4n) is 4.15. The van der Waals surface area contributed by atoms with E-state index in [2.05, 4.69) is 10.6 Å². The second-order valence-electron chi connectivity index (χ2n) is 8.57. The summed E-state index contributed by atoms with van der Waals surface area (Å²) in [6.07, 6.45) is 0. The summed E-state index contributed by atoms with van der Waals surface area (Å²) < 4.78 is 0. The van der Waals surface area contributed by atoms with Crippen LogP contribution in [0.2, 0.25) is 0 Å². The Balaban J connectivity index is 1.68. The van der Waals surface area contributed by atoms with Gasteiger partial charge in [-0.2, -0.15) is 0 Å². The monoisotopic (exact) mass is 478 g/mol. The molecule has 0 radical (unpaired) electrons. The van der Waals surface area contributed by atoms with Gasteiger partial charge in [-0.3, -0.25) is 9.59 Å². The summed E-state index contributed by atoms with van der Waals surface area (Å²) in [5.41, 5.74) is 15.7.